The van der Waals surface area contributed by atoms with Gasteiger partial charge in [-0.05, 0) is 12.8 Å². The van der Waals surface area contributed by atoms with Gasteiger partial charge >= 0.3 is 6.03 Å². The summed E-state index contributed by atoms with van der Waals surface area (Å²) >= 11 is 0. The molecule has 78 valence electrons. The molecule has 2 aliphatic rings. The van der Waals surface area contributed by atoms with Crippen LogP contribution in [0, 0.1) is 0 Å². The maximum absolute atomic E-state index is 12.0. The minimum Gasteiger partial charge on any atom is -0.325 e. The van der Waals surface area contributed by atoms with E-state index < -0.39 is 0 Å². The van der Waals surface area contributed by atoms with Crippen molar-refractivity contribution < 1.29 is 4.79 Å². The average molecular weight is 194 g/mol. The molecule has 0 saturated carbocycles. The van der Waals surface area contributed by atoms with Crippen LogP contribution in [0.2, 0.25) is 0 Å². The van der Waals surface area contributed by atoms with Gasteiger partial charge < -0.3 is 9.80 Å². The molecule has 14 heavy (non-hydrogen) atoms. The molecule has 0 aromatic rings. The number of hydrogen-bond donors (Lipinski definition) is 0. The lowest BCUT2D eigenvalue weighted by Crippen LogP contribution is -2.42. The van der Waals surface area contributed by atoms with E-state index >= 15 is 0 Å². The first-order valence-electron chi connectivity index (χ1n) is 5.57. The Morgan fingerprint density at radius 2 is 1.43 bits per heavy atom. The highest BCUT2D eigenvalue weighted by atomic mass is 16.2. The van der Waals surface area contributed by atoms with Gasteiger partial charge in [-0.3, -0.25) is 0 Å². The zero-order chi connectivity index (χ0) is 9.80. The average Bonchev–Trinajstić information content (AvgIpc) is 2.59. The Balaban J connectivity index is 1.88. The minimum absolute atomic E-state index is 0.233. The van der Waals surface area contributed by atoms with Gasteiger partial charge in [0.05, 0.1) is 0 Å². The van der Waals surface area contributed by atoms with Crippen molar-refractivity contribution in [1.29, 1.82) is 0 Å². The Hall–Kier alpha value is -0.990. The highest BCUT2D eigenvalue weighted by Gasteiger charge is 2.21. The van der Waals surface area contributed by atoms with Crippen LogP contribution in [0.25, 0.3) is 0 Å². The van der Waals surface area contributed by atoms with Gasteiger partial charge in [-0.2, -0.15) is 0 Å². The topological polar surface area (TPSA) is 23.6 Å². The summed E-state index contributed by atoms with van der Waals surface area (Å²) in [5, 5.41) is 0. The summed E-state index contributed by atoms with van der Waals surface area (Å²) in [7, 11) is 0. The lowest BCUT2D eigenvalue weighted by Gasteiger charge is -2.26. The van der Waals surface area contributed by atoms with Crippen molar-refractivity contribution >= 4 is 6.03 Å². The van der Waals surface area contributed by atoms with E-state index in [0.29, 0.717) is 0 Å². The van der Waals surface area contributed by atoms with Crippen molar-refractivity contribution in [3.05, 3.63) is 12.2 Å². The molecular weight excluding hydrogens is 176 g/mol. The summed E-state index contributed by atoms with van der Waals surface area (Å²) in [5.41, 5.74) is 0. The van der Waals surface area contributed by atoms with Gasteiger partial charge in [0, 0.05) is 26.2 Å². The first-order chi connectivity index (χ1) is 6.88. The Kier molecular flexibility index (Phi) is 3.07. The summed E-state index contributed by atoms with van der Waals surface area (Å²) in [6, 6.07) is 0.233. The molecule has 0 aromatic carbocycles. The first kappa shape index (κ1) is 9.56. The van der Waals surface area contributed by atoms with Crippen LogP contribution < -0.4 is 0 Å². The molecule has 0 aliphatic carbocycles. The molecule has 1 saturated heterocycles. The zero-order valence-corrected chi connectivity index (χ0v) is 8.61. The number of carbonyl (C=O) groups is 1. The third kappa shape index (κ3) is 2.08. The molecule has 3 heteroatoms. The van der Waals surface area contributed by atoms with Crippen LogP contribution in [0.3, 0.4) is 0 Å². The van der Waals surface area contributed by atoms with Crippen molar-refractivity contribution in [2.45, 2.75) is 25.7 Å². The van der Waals surface area contributed by atoms with E-state index in [2.05, 4.69) is 12.2 Å². The summed E-state index contributed by atoms with van der Waals surface area (Å²) in [6.45, 7) is 3.51. The fourth-order valence-corrected chi connectivity index (χ4v) is 2.10. The molecule has 3 nitrogen and oxygen atoms in total. The van der Waals surface area contributed by atoms with E-state index in [9.17, 15) is 4.79 Å². The fraction of sp³-hybridized carbons (Fsp3) is 0.727. The molecule has 0 spiro atoms. The monoisotopic (exact) mass is 194 g/mol. The van der Waals surface area contributed by atoms with Crippen molar-refractivity contribution in [1.82, 2.24) is 9.80 Å². The molecule has 1 fully saturated rings. The van der Waals surface area contributed by atoms with Crippen LogP contribution in [0.15, 0.2) is 12.2 Å². The van der Waals surface area contributed by atoms with Crippen molar-refractivity contribution in [2.75, 3.05) is 26.2 Å². The Bertz CT molecular complexity index is 221. The molecular formula is C11H18N2O. The summed E-state index contributed by atoms with van der Waals surface area (Å²) in [5.74, 6) is 0. The van der Waals surface area contributed by atoms with Crippen molar-refractivity contribution in [2.24, 2.45) is 0 Å². The van der Waals surface area contributed by atoms with E-state index in [1.807, 2.05) is 9.80 Å². The van der Waals surface area contributed by atoms with E-state index in [-0.39, 0.29) is 6.03 Å². The van der Waals surface area contributed by atoms with E-state index in [4.69, 9.17) is 0 Å². The SMILES string of the molecule is O=C(N1CC=CC1)N1CCCCCC1. The third-order valence-corrected chi connectivity index (χ3v) is 2.97. The number of carbonyl (C=O) groups excluding carboxylic acids is 1. The number of nitrogens with zero attached hydrogens (tertiary/aromatic N) is 2. The second-order valence-electron chi connectivity index (χ2n) is 4.06. The molecule has 0 atom stereocenters. The van der Waals surface area contributed by atoms with Crippen LogP contribution in [-0.4, -0.2) is 42.0 Å². The van der Waals surface area contributed by atoms with Gasteiger partial charge in [0.25, 0.3) is 0 Å². The normalized spacial score (nSPS) is 22.6. The molecule has 0 unspecified atom stereocenters. The minimum atomic E-state index is 0.233. The van der Waals surface area contributed by atoms with E-state index in [0.717, 1.165) is 26.2 Å². The van der Waals surface area contributed by atoms with Crippen LogP contribution in [0.1, 0.15) is 25.7 Å². The van der Waals surface area contributed by atoms with Gasteiger partial charge in [-0.25, -0.2) is 4.79 Å². The van der Waals surface area contributed by atoms with Crippen LogP contribution >= 0.6 is 0 Å². The Labute approximate surface area is 85.4 Å². The van der Waals surface area contributed by atoms with Gasteiger partial charge in [0.15, 0.2) is 0 Å². The van der Waals surface area contributed by atoms with Gasteiger partial charge in [-0.15, -0.1) is 0 Å². The van der Waals surface area contributed by atoms with Crippen molar-refractivity contribution in [3.8, 4) is 0 Å². The predicted molar refractivity (Wildman–Crippen MR) is 56.2 cm³/mol. The number of rotatable bonds is 0. The molecule has 0 radical (unpaired) electrons. The Morgan fingerprint density at radius 3 is 2.00 bits per heavy atom. The largest absolute Gasteiger partial charge is 0.325 e. The number of urea groups is 1. The molecule has 0 aromatic heterocycles. The smallest absolute Gasteiger partial charge is 0.320 e. The quantitative estimate of drug-likeness (QED) is 0.540. The highest BCUT2D eigenvalue weighted by molar-refractivity contribution is 5.75. The molecule has 2 aliphatic heterocycles. The van der Waals surface area contributed by atoms with E-state index in [1.165, 1.54) is 25.7 Å². The molecule has 2 rings (SSSR count). The maximum Gasteiger partial charge on any atom is 0.320 e. The standard InChI is InChI=1S/C11H18N2O/c14-11(13-9-5-6-10-13)12-7-3-1-2-4-8-12/h5-6H,1-4,7-10H2. The van der Waals surface area contributed by atoms with Gasteiger partial charge in [0.2, 0.25) is 0 Å². The number of amides is 2. The van der Waals surface area contributed by atoms with Gasteiger partial charge in [-0.1, -0.05) is 25.0 Å². The second-order valence-corrected chi connectivity index (χ2v) is 4.06. The third-order valence-electron chi connectivity index (χ3n) is 2.97. The number of likely N-dealkylation sites (tertiary alicyclic amines) is 1. The maximum atomic E-state index is 12.0. The molecule has 2 amide bonds. The zero-order valence-electron chi connectivity index (χ0n) is 8.61. The van der Waals surface area contributed by atoms with Crippen molar-refractivity contribution in [3.63, 3.8) is 0 Å². The second kappa shape index (κ2) is 4.49. The highest BCUT2D eigenvalue weighted by Crippen LogP contribution is 2.12. The fourth-order valence-electron chi connectivity index (χ4n) is 2.10. The van der Waals surface area contributed by atoms with Crippen LogP contribution in [0.4, 0.5) is 4.79 Å². The Morgan fingerprint density at radius 1 is 0.857 bits per heavy atom. The van der Waals surface area contributed by atoms with Crippen LogP contribution in [0.5, 0.6) is 0 Å². The first-order valence-corrected chi connectivity index (χ1v) is 5.57. The van der Waals surface area contributed by atoms with Gasteiger partial charge in [0.1, 0.15) is 0 Å². The number of hydrogen-bond acceptors (Lipinski definition) is 1. The lowest BCUT2D eigenvalue weighted by molar-refractivity contribution is 0.166. The summed E-state index contributed by atoms with van der Waals surface area (Å²) < 4.78 is 0. The summed E-state index contributed by atoms with van der Waals surface area (Å²) in [6.07, 6.45) is 9.04. The predicted octanol–water partition coefficient (Wildman–Crippen LogP) is 1.85. The molecule has 0 N–H and O–H groups in total. The lowest BCUT2D eigenvalue weighted by atomic mass is 10.2. The summed E-state index contributed by atoms with van der Waals surface area (Å²) in [4.78, 5) is 15.9. The molecule has 2 heterocycles. The molecule has 0 bridgehead atoms. The van der Waals surface area contributed by atoms with E-state index in [1.54, 1.807) is 0 Å². The van der Waals surface area contributed by atoms with Crippen LogP contribution in [-0.2, 0) is 0 Å².